The monoisotopic (exact) mass is 207 g/mol. The van der Waals surface area contributed by atoms with Gasteiger partial charge in [0.15, 0.2) is 0 Å². The molecule has 0 bridgehead atoms. The Hall–Kier alpha value is -1.58. The molecule has 0 aliphatic carbocycles. The number of nitrogens with one attached hydrogen (secondary N) is 1. The van der Waals surface area contributed by atoms with Gasteiger partial charge in [0, 0.05) is 16.8 Å². The smallest absolute Gasteiger partial charge is 0.251 e. The molecule has 0 saturated carbocycles. The Kier molecular flexibility index (Phi) is 2.98. The number of aromatic nitrogens is 1. The van der Waals surface area contributed by atoms with Crippen molar-refractivity contribution in [1.29, 1.82) is 0 Å². The second-order valence-electron chi connectivity index (χ2n) is 4.63. The number of nitrogens with two attached hydrogens (primary N) is 1. The minimum atomic E-state index is -0.247. The lowest BCUT2D eigenvalue weighted by Crippen LogP contribution is -2.40. The van der Waals surface area contributed by atoms with Crippen molar-refractivity contribution in [2.75, 3.05) is 5.73 Å². The van der Waals surface area contributed by atoms with E-state index in [0.717, 1.165) is 5.69 Å². The zero-order chi connectivity index (χ0) is 11.6. The maximum atomic E-state index is 11.8. The molecular weight excluding hydrogens is 190 g/mol. The summed E-state index contributed by atoms with van der Waals surface area (Å²) in [6.07, 6.45) is 0. The minimum absolute atomic E-state index is 0.125. The number of nitrogen functional groups attached to an aromatic ring is 1. The van der Waals surface area contributed by atoms with Crippen molar-refractivity contribution in [2.24, 2.45) is 0 Å². The molecule has 1 aromatic heterocycles. The van der Waals surface area contributed by atoms with E-state index in [1.807, 2.05) is 27.7 Å². The summed E-state index contributed by atoms with van der Waals surface area (Å²) in [6, 6.07) is 3.30. The summed E-state index contributed by atoms with van der Waals surface area (Å²) in [6.45, 7) is 7.61. The highest BCUT2D eigenvalue weighted by molar-refractivity contribution is 5.95. The molecule has 82 valence electrons. The first-order chi connectivity index (χ1) is 6.78. The van der Waals surface area contributed by atoms with E-state index < -0.39 is 0 Å². The number of nitrogens with zero attached hydrogens (tertiary/aromatic N) is 1. The zero-order valence-corrected chi connectivity index (χ0v) is 9.59. The first-order valence-electron chi connectivity index (χ1n) is 4.84. The Morgan fingerprint density at radius 3 is 2.47 bits per heavy atom. The van der Waals surface area contributed by atoms with Crippen LogP contribution in [0.1, 0.15) is 36.8 Å². The number of anilines is 1. The van der Waals surface area contributed by atoms with Gasteiger partial charge in [0.25, 0.3) is 5.91 Å². The van der Waals surface area contributed by atoms with E-state index in [9.17, 15) is 4.79 Å². The fourth-order valence-corrected chi connectivity index (χ4v) is 1.24. The number of carbonyl (C=O) groups is 1. The highest BCUT2D eigenvalue weighted by Gasteiger charge is 2.15. The van der Waals surface area contributed by atoms with Crippen molar-refractivity contribution in [3.63, 3.8) is 0 Å². The van der Waals surface area contributed by atoms with Gasteiger partial charge >= 0.3 is 0 Å². The van der Waals surface area contributed by atoms with Gasteiger partial charge in [-0.25, -0.2) is 4.98 Å². The van der Waals surface area contributed by atoms with Gasteiger partial charge in [-0.3, -0.25) is 4.79 Å². The van der Waals surface area contributed by atoms with Gasteiger partial charge in [-0.1, -0.05) is 0 Å². The average Bonchev–Trinajstić information content (AvgIpc) is 1.98. The van der Waals surface area contributed by atoms with Crippen LogP contribution in [0.4, 0.5) is 5.82 Å². The van der Waals surface area contributed by atoms with E-state index in [1.165, 1.54) is 0 Å². The van der Waals surface area contributed by atoms with Crippen LogP contribution in [0.25, 0.3) is 0 Å². The lowest BCUT2D eigenvalue weighted by Gasteiger charge is -2.20. The highest BCUT2D eigenvalue weighted by atomic mass is 16.1. The molecular formula is C11H17N3O. The first kappa shape index (κ1) is 11.5. The van der Waals surface area contributed by atoms with Crippen LogP contribution < -0.4 is 11.1 Å². The fourth-order valence-electron chi connectivity index (χ4n) is 1.24. The normalized spacial score (nSPS) is 11.2. The lowest BCUT2D eigenvalue weighted by atomic mass is 10.1. The summed E-state index contributed by atoms with van der Waals surface area (Å²) in [4.78, 5) is 15.8. The molecule has 0 aliphatic heterocycles. The van der Waals surface area contributed by atoms with Crippen LogP contribution in [0.3, 0.4) is 0 Å². The second-order valence-corrected chi connectivity index (χ2v) is 4.63. The Bertz CT molecular complexity index is 360. The van der Waals surface area contributed by atoms with E-state index in [2.05, 4.69) is 10.3 Å². The second kappa shape index (κ2) is 3.88. The van der Waals surface area contributed by atoms with E-state index in [-0.39, 0.29) is 11.4 Å². The third-order valence-electron chi connectivity index (χ3n) is 1.72. The molecule has 0 saturated heterocycles. The van der Waals surface area contributed by atoms with Crippen LogP contribution in [0, 0.1) is 6.92 Å². The molecule has 1 rings (SSSR count). The number of aryl methyl sites for hydroxylation is 1. The number of carbonyl (C=O) groups excluding carboxylic acids is 1. The third kappa shape index (κ3) is 3.58. The van der Waals surface area contributed by atoms with E-state index in [1.54, 1.807) is 12.1 Å². The van der Waals surface area contributed by atoms with Crippen LogP contribution in [0.15, 0.2) is 12.1 Å². The number of hydrogen-bond acceptors (Lipinski definition) is 3. The molecule has 4 nitrogen and oxygen atoms in total. The molecule has 0 fully saturated rings. The van der Waals surface area contributed by atoms with Crippen molar-refractivity contribution < 1.29 is 4.79 Å². The molecule has 0 radical (unpaired) electrons. The fraction of sp³-hybridized carbons (Fsp3) is 0.455. The molecule has 3 N–H and O–H groups in total. The maximum Gasteiger partial charge on any atom is 0.251 e. The molecule has 0 atom stereocenters. The summed E-state index contributed by atoms with van der Waals surface area (Å²) in [5, 5.41) is 2.87. The van der Waals surface area contributed by atoms with Crippen molar-refractivity contribution >= 4 is 11.7 Å². The van der Waals surface area contributed by atoms with Crippen molar-refractivity contribution in [1.82, 2.24) is 10.3 Å². The molecule has 15 heavy (non-hydrogen) atoms. The van der Waals surface area contributed by atoms with Crippen molar-refractivity contribution in [3.05, 3.63) is 23.4 Å². The minimum Gasteiger partial charge on any atom is -0.384 e. The van der Waals surface area contributed by atoms with E-state index in [4.69, 9.17) is 5.73 Å². The van der Waals surface area contributed by atoms with Gasteiger partial charge in [0.2, 0.25) is 0 Å². The molecule has 4 heteroatoms. The largest absolute Gasteiger partial charge is 0.384 e. The maximum absolute atomic E-state index is 11.8. The summed E-state index contributed by atoms with van der Waals surface area (Å²) in [5.74, 6) is 0.244. The number of rotatable bonds is 1. The topological polar surface area (TPSA) is 68.0 Å². The molecule has 0 aliphatic rings. The standard InChI is InChI=1S/C11H17N3O/c1-7-5-8(6-9(12)13-7)10(15)14-11(2,3)4/h5-6H,1-4H3,(H2,12,13)(H,14,15). The average molecular weight is 207 g/mol. The van der Waals surface area contributed by atoms with Crippen LogP contribution in [0.2, 0.25) is 0 Å². The SMILES string of the molecule is Cc1cc(C(=O)NC(C)(C)C)cc(N)n1. The van der Waals surface area contributed by atoms with Crippen LogP contribution in [-0.4, -0.2) is 16.4 Å². The van der Waals surface area contributed by atoms with Crippen LogP contribution in [-0.2, 0) is 0 Å². The number of hydrogen-bond donors (Lipinski definition) is 2. The quantitative estimate of drug-likeness (QED) is 0.733. The molecule has 0 spiro atoms. The van der Waals surface area contributed by atoms with Gasteiger partial charge in [-0.05, 0) is 39.8 Å². The summed E-state index contributed by atoms with van der Waals surface area (Å²) >= 11 is 0. The van der Waals surface area contributed by atoms with Gasteiger partial charge in [0.1, 0.15) is 5.82 Å². The predicted octanol–water partition coefficient (Wildman–Crippen LogP) is 1.50. The van der Waals surface area contributed by atoms with Crippen molar-refractivity contribution in [2.45, 2.75) is 33.2 Å². The van der Waals surface area contributed by atoms with Crippen molar-refractivity contribution in [3.8, 4) is 0 Å². The summed E-state index contributed by atoms with van der Waals surface area (Å²) < 4.78 is 0. The number of pyridine rings is 1. The molecule has 1 heterocycles. The molecule has 0 aromatic carbocycles. The molecule has 0 unspecified atom stereocenters. The first-order valence-corrected chi connectivity index (χ1v) is 4.84. The van der Waals surface area contributed by atoms with E-state index in [0.29, 0.717) is 11.4 Å². The van der Waals surface area contributed by atoms with Gasteiger partial charge in [0.05, 0.1) is 0 Å². The predicted molar refractivity (Wildman–Crippen MR) is 60.6 cm³/mol. The van der Waals surface area contributed by atoms with E-state index >= 15 is 0 Å². The van der Waals surface area contributed by atoms with Gasteiger partial charge in [-0.2, -0.15) is 0 Å². The summed E-state index contributed by atoms with van der Waals surface area (Å²) in [5.41, 5.74) is 6.62. The van der Waals surface area contributed by atoms with Gasteiger partial charge < -0.3 is 11.1 Å². The zero-order valence-electron chi connectivity index (χ0n) is 9.59. The molecule has 1 aromatic rings. The Morgan fingerprint density at radius 1 is 1.40 bits per heavy atom. The Labute approximate surface area is 89.9 Å². The summed E-state index contributed by atoms with van der Waals surface area (Å²) in [7, 11) is 0. The third-order valence-corrected chi connectivity index (χ3v) is 1.72. The van der Waals surface area contributed by atoms with Crippen LogP contribution in [0.5, 0.6) is 0 Å². The van der Waals surface area contributed by atoms with Gasteiger partial charge in [-0.15, -0.1) is 0 Å². The van der Waals surface area contributed by atoms with Crippen LogP contribution >= 0.6 is 0 Å². The Morgan fingerprint density at radius 2 is 2.00 bits per heavy atom. The number of amides is 1. The highest BCUT2D eigenvalue weighted by Crippen LogP contribution is 2.09. The molecule has 1 amide bonds. The lowest BCUT2D eigenvalue weighted by molar-refractivity contribution is 0.0919. The Balaban J connectivity index is 2.92.